The molecule has 0 amide bonds. The second kappa shape index (κ2) is 17.7. The Hall–Kier alpha value is 0.660. The van der Waals surface area contributed by atoms with Gasteiger partial charge in [-0.05, 0) is 18.9 Å². The first-order chi connectivity index (χ1) is 9.85. The summed E-state index contributed by atoms with van der Waals surface area (Å²) in [4.78, 5) is 0. The van der Waals surface area contributed by atoms with Gasteiger partial charge in [0.05, 0.1) is 6.10 Å². The molecule has 0 atom stereocenters. The molecular weight excluding hydrogens is 284 g/mol. The summed E-state index contributed by atoms with van der Waals surface area (Å²) in [5.74, 6) is 2.28. The number of thioether (sulfide) groups is 2. The first-order valence-electron chi connectivity index (χ1n) is 8.44. The van der Waals surface area contributed by atoms with E-state index in [4.69, 9.17) is 4.74 Å². The van der Waals surface area contributed by atoms with Crippen LogP contribution < -0.4 is 0 Å². The van der Waals surface area contributed by atoms with E-state index < -0.39 is 0 Å². The molecule has 0 aromatic carbocycles. The summed E-state index contributed by atoms with van der Waals surface area (Å²) < 4.78 is 5.95. The van der Waals surface area contributed by atoms with E-state index in [0.29, 0.717) is 6.10 Å². The normalized spacial score (nSPS) is 11.4. The fourth-order valence-electron chi connectivity index (χ4n) is 2.36. The average molecular weight is 321 g/mol. The smallest absolute Gasteiger partial charge is 0.0755 e. The quantitative estimate of drug-likeness (QED) is 0.322. The Bertz CT molecular complexity index is 170. The Morgan fingerprint density at radius 2 is 1.15 bits per heavy atom. The predicted octanol–water partition coefficient (Wildman–Crippen LogP) is 6.02. The predicted molar refractivity (Wildman–Crippen MR) is 98.3 cm³/mol. The maximum Gasteiger partial charge on any atom is 0.0755 e. The van der Waals surface area contributed by atoms with Gasteiger partial charge in [0, 0.05) is 18.1 Å². The lowest BCUT2D eigenvalue weighted by Crippen LogP contribution is -2.19. The van der Waals surface area contributed by atoms with Gasteiger partial charge in [0.1, 0.15) is 0 Å². The second-order valence-corrected chi connectivity index (χ2v) is 7.41. The standard InChI is InChI=1S/C17H36OS2/c1-4-5-6-7-8-9-10-11-12-13-14-18-17(15-19-2)16-20-3/h17H,4-16H2,1-3H3. The first-order valence-corrected chi connectivity index (χ1v) is 11.2. The van der Waals surface area contributed by atoms with Crippen molar-refractivity contribution in [3.8, 4) is 0 Å². The molecule has 20 heavy (non-hydrogen) atoms. The lowest BCUT2D eigenvalue weighted by Gasteiger charge is -2.15. The number of ether oxygens (including phenoxy) is 1. The summed E-state index contributed by atoms with van der Waals surface area (Å²) in [7, 11) is 0. The van der Waals surface area contributed by atoms with Crippen molar-refractivity contribution in [3.05, 3.63) is 0 Å². The van der Waals surface area contributed by atoms with E-state index in [-0.39, 0.29) is 0 Å². The second-order valence-electron chi connectivity index (χ2n) is 5.59. The minimum Gasteiger partial charge on any atom is -0.377 e. The van der Waals surface area contributed by atoms with Crippen LogP contribution in [-0.2, 0) is 4.74 Å². The van der Waals surface area contributed by atoms with E-state index in [1.807, 2.05) is 23.5 Å². The van der Waals surface area contributed by atoms with E-state index in [9.17, 15) is 0 Å². The molecule has 0 rings (SSSR count). The van der Waals surface area contributed by atoms with E-state index >= 15 is 0 Å². The van der Waals surface area contributed by atoms with Crippen molar-refractivity contribution in [1.29, 1.82) is 0 Å². The molecule has 0 N–H and O–H groups in total. The van der Waals surface area contributed by atoms with E-state index in [0.717, 1.165) is 18.1 Å². The van der Waals surface area contributed by atoms with Crippen molar-refractivity contribution < 1.29 is 4.74 Å². The van der Waals surface area contributed by atoms with Gasteiger partial charge < -0.3 is 4.74 Å². The van der Waals surface area contributed by atoms with Crippen LogP contribution in [-0.4, -0.2) is 36.7 Å². The molecular formula is C17H36OS2. The molecule has 122 valence electrons. The summed E-state index contributed by atoms with van der Waals surface area (Å²) in [6.07, 6.45) is 18.7. The third-order valence-corrected chi connectivity index (χ3v) is 4.97. The molecule has 0 bridgehead atoms. The van der Waals surface area contributed by atoms with Crippen molar-refractivity contribution in [2.45, 2.75) is 77.2 Å². The zero-order chi connectivity index (χ0) is 14.9. The molecule has 0 saturated heterocycles. The van der Waals surface area contributed by atoms with Crippen LogP contribution in [0.1, 0.15) is 71.1 Å². The van der Waals surface area contributed by atoms with Gasteiger partial charge in [0.15, 0.2) is 0 Å². The summed E-state index contributed by atoms with van der Waals surface area (Å²) in [5, 5.41) is 0. The lowest BCUT2D eigenvalue weighted by atomic mass is 10.1. The molecule has 0 fully saturated rings. The molecule has 0 aromatic heterocycles. The minimum atomic E-state index is 0.457. The minimum absolute atomic E-state index is 0.457. The SMILES string of the molecule is CCCCCCCCCCCCOC(CSC)CSC. The highest BCUT2D eigenvalue weighted by molar-refractivity contribution is 7.99. The fraction of sp³-hybridized carbons (Fsp3) is 1.00. The van der Waals surface area contributed by atoms with Crippen molar-refractivity contribution in [2.75, 3.05) is 30.6 Å². The Morgan fingerprint density at radius 3 is 1.60 bits per heavy atom. The molecule has 0 radical (unpaired) electrons. The van der Waals surface area contributed by atoms with Gasteiger partial charge in [-0.1, -0.05) is 64.7 Å². The topological polar surface area (TPSA) is 9.23 Å². The van der Waals surface area contributed by atoms with Crippen LogP contribution in [0.3, 0.4) is 0 Å². The van der Waals surface area contributed by atoms with Crippen molar-refractivity contribution in [1.82, 2.24) is 0 Å². The van der Waals surface area contributed by atoms with Crippen LogP contribution in [0.2, 0.25) is 0 Å². The molecule has 0 saturated carbocycles. The molecule has 0 unspecified atom stereocenters. The summed E-state index contributed by atoms with van der Waals surface area (Å²) in [6.45, 7) is 3.24. The molecule has 0 aliphatic rings. The molecule has 0 aromatic rings. The Labute approximate surface area is 136 Å². The third kappa shape index (κ3) is 15.1. The van der Waals surface area contributed by atoms with E-state index in [1.54, 1.807) is 0 Å². The Balaban J connectivity index is 3.18. The van der Waals surface area contributed by atoms with Crippen LogP contribution >= 0.6 is 23.5 Å². The van der Waals surface area contributed by atoms with Crippen molar-refractivity contribution >= 4 is 23.5 Å². The zero-order valence-electron chi connectivity index (χ0n) is 14.0. The Morgan fingerprint density at radius 1 is 0.700 bits per heavy atom. The summed E-state index contributed by atoms with van der Waals surface area (Å²) in [6, 6.07) is 0. The van der Waals surface area contributed by atoms with Crippen molar-refractivity contribution in [3.63, 3.8) is 0 Å². The maximum atomic E-state index is 5.95. The Kier molecular flexibility index (Phi) is 18.3. The van der Waals surface area contributed by atoms with Gasteiger partial charge >= 0.3 is 0 Å². The zero-order valence-corrected chi connectivity index (χ0v) is 15.6. The van der Waals surface area contributed by atoms with Crippen LogP contribution in [0, 0.1) is 0 Å². The van der Waals surface area contributed by atoms with Gasteiger partial charge in [-0.15, -0.1) is 0 Å². The maximum absolute atomic E-state index is 5.95. The highest BCUT2D eigenvalue weighted by Gasteiger charge is 2.06. The van der Waals surface area contributed by atoms with E-state index in [1.165, 1.54) is 64.2 Å². The molecule has 0 aliphatic heterocycles. The van der Waals surface area contributed by atoms with Gasteiger partial charge in [-0.25, -0.2) is 0 Å². The van der Waals surface area contributed by atoms with Crippen LogP contribution in [0.15, 0.2) is 0 Å². The van der Waals surface area contributed by atoms with Gasteiger partial charge in [-0.3, -0.25) is 0 Å². The fourth-order valence-corrected chi connectivity index (χ4v) is 3.68. The lowest BCUT2D eigenvalue weighted by molar-refractivity contribution is 0.0818. The molecule has 1 nitrogen and oxygen atoms in total. The van der Waals surface area contributed by atoms with Crippen LogP contribution in [0.4, 0.5) is 0 Å². The first kappa shape index (κ1) is 20.7. The van der Waals surface area contributed by atoms with Crippen molar-refractivity contribution in [2.24, 2.45) is 0 Å². The van der Waals surface area contributed by atoms with Gasteiger partial charge in [0.2, 0.25) is 0 Å². The summed E-state index contributed by atoms with van der Waals surface area (Å²) in [5.41, 5.74) is 0. The summed E-state index contributed by atoms with van der Waals surface area (Å²) >= 11 is 3.79. The molecule has 0 heterocycles. The molecule has 0 spiro atoms. The number of hydrogen-bond acceptors (Lipinski definition) is 3. The third-order valence-electron chi connectivity index (χ3n) is 3.56. The molecule has 0 aliphatic carbocycles. The number of unbranched alkanes of at least 4 members (excludes halogenated alkanes) is 9. The molecule has 3 heteroatoms. The average Bonchev–Trinajstić information content (AvgIpc) is 2.45. The highest BCUT2D eigenvalue weighted by Crippen LogP contribution is 2.12. The van der Waals surface area contributed by atoms with Gasteiger partial charge in [0.25, 0.3) is 0 Å². The van der Waals surface area contributed by atoms with Gasteiger partial charge in [-0.2, -0.15) is 23.5 Å². The van der Waals surface area contributed by atoms with E-state index in [2.05, 4.69) is 19.4 Å². The highest BCUT2D eigenvalue weighted by atomic mass is 32.2. The van der Waals surface area contributed by atoms with Crippen LogP contribution in [0.5, 0.6) is 0 Å². The monoisotopic (exact) mass is 320 g/mol. The largest absolute Gasteiger partial charge is 0.377 e. The number of hydrogen-bond donors (Lipinski definition) is 0. The number of rotatable bonds is 16. The van der Waals surface area contributed by atoms with Crippen LogP contribution in [0.25, 0.3) is 0 Å².